The number of benzene rings is 1. The van der Waals surface area contributed by atoms with Crippen LogP contribution in [0.25, 0.3) is 11.5 Å². The third-order valence-electron chi connectivity index (χ3n) is 2.19. The number of rotatable bonds is 5. The molecular formula is C12H10BrN3OS. The van der Waals surface area contributed by atoms with Crippen LogP contribution >= 0.6 is 27.7 Å². The Kier molecular flexibility index (Phi) is 4.79. The topological polar surface area (TPSA) is 62.7 Å². The Balaban J connectivity index is 2.17. The predicted molar refractivity (Wildman–Crippen MR) is 73.6 cm³/mol. The quantitative estimate of drug-likeness (QED) is 0.479. The second-order valence-electron chi connectivity index (χ2n) is 3.42. The van der Waals surface area contributed by atoms with Gasteiger partial charge in [-0.25, -0.2) is 0 Å². The summed E-state index contributed by atoms with van der Waals surface area (Å²) in [6.45, 7) is 0. The summed E-state index contributed by atoms with van der Waals surface area (Å²) >= 11 is 4.89. The Bertz CT molecular complexity index is 564. The summed E-state index contributed by atoms with van der Waals surface area (Å²) in [5.41, 5.74) is 1.22. The molecule has 18 heavy (non-hydrogen) atoms. The van der Waals surface area contributed by atoms with Gasteiger partial charge in [-0.2, -0.15) is 5.26 Å². The first kappa shape index (κ1) is 13.1. The van der Waals surface area contributed by atoms with E-state index in [0.717, 1.165) is 17.5 Å². The molecule has 1 aromatic carbocycles. The molecule has 0 aliphatic heterocycles. The third kappa shape index (κ3) is 3.12. The lowest BCUT2D eigenvalue weighted by Crippen LogP contribution is -1.83. The van der Waals surface area contributed by atoms with Gasteiger partial charge in [0.2, 0.25) is 5.89 Å². The monoisotopic (exact) mass is 323 g/mol. The van der Waals surface area contributed by atoms with Crippen LogP contribution in [0.15, 0.2) is 33.9 Å². The second kappa shape index (κ2) is 6.57. The number of hydrogen-bond acceptors (Lipinski definition) is 5. The Morgan fingerprint density at radius 1 is 1.33 bits per heavy atom. The van der Waals surface area contributed by atoms with E-state index in [-0.39, 0.29) is 0 Å². The Morgan fingerprint density at radius 3 is 2.94 bits per heavy atom. The van der Waals surface area contributed by atoms with Gasteiger partial charge in [-0.15, -0.1) is 10.2 Å². The highest BCUT2D eigenvalue weighted by Gasteiger charge is 2.12. The summed E-state index contributed by atoms with van der Waals surface area (Å²) in [5.74, 6) is 1.32. The summed E-state index contributed by atoms with van der Waals surface area (Å²) in [4.78, 5) is 0. The van der Waals surface area contributed by atoms with Crippen LogP contribution in [-0.4, -0.2) is 21.3 Å². The highest BCUT2D eigenvalue weighted by atomic mass is 79.9. The van der Waals surface area contributed by atoms with E-state index in [2.05, 4.69) is 32.2 Å². The molecule has 0 saturated heterocycles. The molecule has 0 aliphatic carbocycles. The van der Waals surface area contributed by atoms with Crippen molar-refractivity contribution in [2.75, 3.05) is 11.1 Å². The Morgan fingerprint density at radius 2 is 2.17 bits per heavy atom. The number of alkyl halides is 1. The van der Waals surface area contributed by atoms with E-state index >= 15 is 0 Å². The lowest BCUT2D eigenvalue weighted by Gasteiger charge is -1.96. The number of nitriles is 1. The molecule has 0 N–H and O–H groups in total. The van der Waals surface area contributed by atoms with Crippen LogP contribution in [-0.2, 0) is 0 Å². The van der Waals surface area contributed by atoms with Gasteiger partial charge in [0, 0.05) is 11.1 Å². The molecule has 0 spiro atoms. The average molecular weight is 324 g/mol. The van der Waals surface area contributed by atoms with Gasteiger partial charge in [-0.1, -0.05) is 39.8 Å². The summed E-state index contributed by atoms with van der Waals surface area (Å²) in [5, 5.41) is 18.4. The van der Waals surface area contributed by atoms with Crippen LogP contribution < -0.4 is 0 Å². The SMILES string of the molecule is N#Cc1ccccc1-c1nnc(SCCCBr)o1. The zero-order chi connectivity index (χ0) is 12.8. The lowest BCUT2D eigenvalue weighted by atomic mass is 10.1. The van der Waals surface area contributed by atoms with Gasteiger partial charge in [0.25, 0.3) is 5.22 Å². The van der Waals surface area contributed by atoms with E-state index in [1.54, 1.807) is 12.1 Å². The van der Waals surface area contributed by atoms with E-state index in [4.69, 9.17) is 9.68 Å². The fourth-order valence-corrected chi connectivity index (χ4v) is 2.71. The number of halogens is 1. The predicted octanol–water partition coefficient (Wildman–Crippen LogP) is 3.49. The summed E-state index contributed by atoms with van der Waals surface area (Å²) < 4.78 is 5.53. The van der Waals surface area contributed by atoms with Crippen LogP contribution in [0, 0.1) is 11.3 Å². The van der Waals surface area contributed by atoms with Gasteiger partial charge >= 0.3 is 0 Å². The van der Waals surface area contributed by atoms with Crippen molar-refractivity contribution in [1.82, 2.24) is 10.2 Å². The average Bonchev–Trinajstić information content (AvgIpc) is 2.88. The second-order valence-corrected chi connectivity index (χ2v) is 5.26. The molecule has 0 unspecified atom stereocenters. The van der Waals surface area contributed by atoms with Gasteiger partial charge in [-0.3, -0.25) is 0 Å². The maximum absolute atomic E-state index is 9.01. The van der Waals surface area contributed by atoms with Crippen LogP contribution in [0.1, 0.15) is 12.0 Å². The number of thioether (sulfide) groups is 1. The fraction of sp³-hybridized carbons (Fsp3) is 0.250. The Hall–Kier alpha value is -1.32. The highest BCUT2D eigenvalue weighted by Crippen LogP contribution is 2.25. The van der Waals surface area contributed by atoms with Gasteiger partial charge in [0.1, 0.15) is 0 Å². The maximum atomic E-state index is 9.01. The minimum absolute atomic E-state index is 0.397. The molecular weight excluding hydrogens is 314 g/mol. The molecule has 0 aliphatic rings. The van der Waals surface area contributed by atoms with Crippen LogP contribution in [0.5, 0.6) is 0 Å². The van der Waals surface area contributed by atoms with Gasteiger partial charge in [0.15, 0.2) is 0 Å². The van der Waals surface area contributed by atoms with Crippen molar-refractivity contribution >= 4 is 27.7 Å². The van der Waals surface area contributed by atoms with E-state index in [0.29, 0.717) is 22.2 Å². The first-order valence-electron chi connectivity index (χ1n) is 5.37. The van der Waals surface area contributed by atoms with Gasteiger partial charge in [-0.05, 0) is 18.6 Å². The molecule has 92 valence electrons. The molecule has 2 rings (SSSR count). The van der Waals surface area contributed by atoms with Crippen molar-refractivity contribution in [3.05, 3.63) is 29.8 Å². The Labute approximate surface area is 118 Å². The smallest absolute Gasteiger partial charge is 0.276 e. The van der Waals surface area contributed by atoms with Gasteiger partial charge in [0.05, 0.1) is 17.2 Å². The van der Waals surface area contributed by atoms with E-state index in [9.17, 15) is 0 Å². The normalized spacial score (nSPS) is 10.2. The zero-order valence-corrected chi connectivity index (χ0v) is 11.9. The molecule has 1 aromatic heterocycles. The number of hydrogen-bond donors (Lipinski definition) is 0. The van der Waals surface area contributed by atoms with Gasteiger partial charge < -0.3 is 4.42 Å². The molecule has 0 amide bonds. The van der Waals surface area contributed by atoms with E-state index in [1.807, 2.05) is 12.1 Å². The minimum Gasteiger partial charge on any atom is -0.411 e. The standard InChI is InChI=1S/C12H10BrN3OS/c13-6-3-7-18-12-16-15-11(17-12)10-5-2-1-4-9(10)8-14/h1-2,4-5H,3,6-7H2. The molecule has 0 bridgehead atoms. The van der Waals surface area contributed by atoms with Crippen molar-refractivity contribution in [1.29, 1.82) is 5.26 Å². The fourth-order valence-electron chi connectivity index (χ4n) is 1.36. The van der Waals surface area contributed by atoms with Crippen molar-refractivity contribution < 1.29 is 4.42 Å². The van der Waals surface area contributed by atoms with E-state index in [1.165, 1.54) is 11.8 Å². The first-order valence-corrected chi connectivity index (χ1v) is 7.47. The molecule has 0 saturated carbocycles. The number of nitrogens with zero attached hydrogens (tertiary/aromatic N) is 3. The minimum atomic E-state index is 0.397. The largest absolute Gasteiger partial charge is 0.411 e. The van der Waals surface area contributed by atoms with Crippen molar-refractivity contribution in [2.45, 2.75) is 11.6 Å². The molecule has 0 fully saturated rings. The molecule has 6 heteroatoms. The molecule has 4 nitrogen and oxygen atoms in total. The van der Waals surface area contributed by atoms with Crippen LogP contribution in [0.4, 0.5) is 0 Å². The number of aromatic nitrogens is 2. The maximum Gasteiger partial charge on any atom is 0.276 e. The molecule has 0 radical (unpaired) electrons. The van der Waals surface area contributed by atoms with E-state index < -0.39 is 0 Å². The summed E-state index contributed by atoms with van der Waals surface area (Å²) in [7, 11) is 0. The molecule has 1 heterocycles. The van der Waals surface area contributed by atoms with Crippen LogP contribution in [0.3, 0.4) is 0 Å². The zero-order valence-electron chi connectivity index (χ0n) is 9.47. The lowest BCUT2D eigenvalue weighted by molar-refractivity contribution is 0.466. The van der Waals surface area contributed by atoms with Crippen molar-refractivity contribution in [2.24, 2.45) is 0 Å². The first-order chi connectivity index (χ1) is 8.85. The third-order valence-corrected chi connectivity index (χ3v) is 3.65. The van der Waals surface area contributed by atoms with Crippen molar-refractivity contribution in [3.63, 3.8) is 0 Å². The van der Waals surface area contributed by atoms with Crippen molar-refractivity contribution in [3.8, 4) is 17.5 Å². The summed E-state index contributed by atoms with van der Waals surface area (Å²) in [6.07, 6.45) is 1.04. The summed E-state index contributed by atoms with van der Waals surface area (Å²) in [6, 6.07) is 9.31. The molecule has 2 aromatic rings. The highest BCUT2D eigenvalue weighted by molar-refractivity contribution is 9.09. The van der Waals surface area contributed by atoms with Crippen LogP contribution in [0.2, 0.25) is 0 Å². The molecule has 0 atom stereocenters.